The largest absolute Gasteiger partial charge is 0.319 e. The summed E-state index contributed by atoms with van der Waals surface area (Å²) in [4.78, 5) is 12.1. The van der Waals surface area contributed by atoms with Gasteiger partial charge in [-0.25, -0.2) is 0 Å². The van der Waals surface area contributed by atoms with Crippen LogP contribution in [0.25, 0.3) is 0 Å². The average molecular weight is 346 g/mol. The van der Waals surface area contributed by atoms with Crippen LogP contribution in [-0.4, -0.2) is 15.7 Å². The van der Waals surface area contributed by atoms with Crippen molar-refractivity contribution in [3.8, 4) is 0 Å². The molecule has 116 valence electrons. The molecule has 3 rings (SSSR count). The molecule has 1 heterocycles. The van der Waals surface area contributed by atoms with Gasteiger partial charge < -0.3 is 5.32 Å². The molecule has 1 N–H and O–H groups in total. The third-order valence-corrected chi connectivity index (χ3v) is 3.91. The number of rotatable bonds is 4. The molecule has 0 radical (unpaired) electrons. The highest BCUT2D eigenvalue weighted by Gasteiger charge is 2.08. The first-order valence-electron chi connectivity index (χ1n) is 6.94. The summed E-state index contributed by atoms with van der Waals surface area (Å²) in [5, 5.41) is 8.32. The van der Waals surface area contributed by atoms with Gasteiger partial charge in [0.2, 0.25) is 0 Å². The van der Waals surface area contributed by atoms with Gasteiger partial charge in [-0.05, 0) is 35.9 Å². The molecule has 0 saturated carbocycles. The monoisotopic (exact) mass is 345 g/mol. The zero-order chi connectivity index (χ0) is 16.2. The van der Waals surface area contributed by atoms with E-state index in [9.17, 15) is 4.79 Å². The van der Waals surface area contributed by atoms with Crippen LogP contribution in [-0.2, 0) is 6.54 Å². The van der Waals surface area contributed by atoms with E-state index in [-0.39, 0.29) is 5.91 Å². The lowest BCUT2D eigenvalue weighted by Crippen LogP contribution is -2.11. The van der Waals surface area contributed by atoms with Crippen molar-refractivity contribution in [2.45, 2.75) is 6.54 Å². The molecule has 4 nitrogen and oxygen atoms in total. The number of hydrogen-bond donors (Lipinski definition) is 1. The van der Waals surface area contributed by atoms with E-state index in [1.807, 2.05) is 24.3 Å². The second-order valence-electron chi connectivity index (χ2n) is 4.98. The topological polar surface area (TPSA) is 46.9 Å². The van der Waals surface area contributed by atoms with E-state index in [2.05, 4.69) is 10.4 Å². The third-order valence-electron chi connectivity index (χ3n) is 3.29. The minimum Gasteiger partial charge on any atom is -0.319 e. The number of carbonyl (C=O) groups excluding carboxylic acids is 1. The SMILES string of the molecule is O=C(Nc1cnn(Cc2ccccc2Cl)c1)c1ccc(Cl)cc1. The number of nitrogens with zero attached hydrogens (tertiary/aromatic N) is 2. The van der Waals surface area contributed by atoms with Gasteiger partial charge in [0.05, 0.1) is 18.4 Å². The van der Waals surface area contributed by atoms with Gasteiger partial charge in [-0.15, -0.1) is 0 Å². The number of amides is 1. The van der Waals surface area contributed by atoms with Crippen LogP contribution in [0.5, 0.6) is 0 Å². The number of benzene rings is 2. The Morgan fingerprint density at radius 2 is 1.83 bits per heavy atom. The zero-order valence-electron chi connectivity index (χ0n) is 12.0. The summed E-state index contributed by atoms with van der Waals surface area (Å²) in [5.74, 6) is -0.209. The molecule has 6 heteroatoms. The Bertz CT molecular complexity index is 828. The predicted octanol–water partition coefficient (Wildman–Crippen LogP) is 4.49. The van der Waals surface area contributed by atoms with Gasteiger partial charge in [-0.1, -0.05) is 41.4 Å². The molecule has 0 unspecified atom stereocenters. The number of anilines is 1. The molecular weight excluding hydrogens is 333 g/mol. The maximum Gasteiger partial charge on any atom is 0.255 e. The molecule has 0 fully saturated rings. The molecule has 0 atom stereocenters. The summed E-state index contributed by atoms with van der Waals surface area (Å²) in [5.41, 5.74) is 2.12. The van der Waals surface area contributed by atoms with Gasteiger partial charge in [0, 0.05) is 21.8 Å². The van der Waals surface area contributed by atoms with Crippen molar-refractivity contribution >= 4 is 34.8 Å². The van der Waals surface area contributed by atoms with Gasteiger partial charge in [0.25, 0.3) is 5.91 Å². The summed E-state index contributed by atoms with van der Waals surface area (Å²) in [6.07, 6.45) is 3.36. The number of aromatic nitrogens is 2. The van der Waals surface area contributed by atoms with Crippen molar-refractivity contribution in [2.24, 2.45) is 0 Å². The fourth-order valence-corrected chi connectivity index (χ4v) is 2.44. The summed E-state index contributed by atoms with van der Waals surface area (Å²) in [6, 6.07) is 14.3. The number of nitrogens with one attached hydrogen (secondary N) is 1. The summed E-state index contributed by atoms with van der Waals surface area (Å²) < 4.78 is 1.72. The molecular formula is C17H13Cl2N3O. The fraction of sp³-hybridized carbons (Fsp3) is 0.0588. The molecule has 0 spiro atoms. The van der Waals surface area contributed by atoms with Gasteiger partial charge >= 0.3 is 0 Å². The van der Waals surface area contributed by atoms with E-state index in [1.54, 1.807) is 41.3 Å². The summed E-state index contributed by atoms with van der Waals surface area (Å²) >= 11 is 12.0. The van der Waals surface area contributed by atoms with E-state index < -0.39 is 0 Å². The highest BCUT2D eigenvalue weighted by atomic mass is 35.5. The number of halogens is 2. The highest BCUT2D eigenvalue weighted by molar-refractivity contribution is 6.31. The van der Waals surface area contributed by atoms with Crippen LogP contribution in [0.1, 0.15) is 15.9 Å². The van der Waals surface area contributed by atoms with E-state index in [1.165, 1.54) is 0 Å². The fourth-order valence-electron chi connectivity index (χ4n) is 2.12. The van der Waals surface area contributed by atoms with Crippen molar-refractivity contribution in [3.63, 3.8) is 0 Å². The lowest BCUT2D eigenvalue weighted by molar-refractivity contribution is 0.102. The van der Waals surface area contributed by atoms with E-state index in [0.717, 1.165) is 5.56 Å². The third kappa shape index (κ3) is 3.92. The quantitative estimate of drug-likeness (QED) is 0.757. The maximum absolute atomic E-state index is 12.1. The Labute approximate surface area is 143 Å². The van der Waals surface area contributed by atoms with Crippen molar-refractivity contribution in [1.29, 1.82) is 0 Å². The molecule has 3 aromatic rings. The van der Waals surface area contributed by atoms with Crippen molar-refractivity contribution in [2.75, 3.05) is 5.32 Å². The molecule has 1 amide bonds. The molecule has 23 heavy (non-hydrogen) atoms. The van der Waals surface area contributed by atoms with Crippen molar-refractivity contribution in [1.82, 2.24) is 9.78 Å². The smallest absolute Gasteiger partial charge is 0.255 e. The standard InChI is InChI=1S/C17H13Cl2N3O/c18-14-7-5-12(6-8-14)17(23)21-15-9-20-22(11-15)10-13-3-1-2-4-16(13)19/h1-9,11H,10H2,(H,21,23). The van der Waals surface area contributed by atoms with Crippen LogP contribution in [0.4, 0.5) is 5.69 Å². The highest BCUT2D eigenvalue weighted by Crippen LogP contribution is 2.17. The molecule has 0 aliphatic carbocycles. The van der Waals surface area contributed by atoms with E-state index >= 15 is 0 Å². The predicted molar refractivity (Wildman–Crippen MR) is 92.2 cm³/mol. The van der Waals surface area contributed by atoms with Gasteiger partial charge in [0.15, 0.2) is 0 Å². The van der Waals surface area contributed by atoms with E-state index in [0.29, 0.717) is 27.8 Å². The number of carbonyl (C=O) groups is 1. The Morgan fingerprint density at radius 3 is 2.57 bits per heavy atom. The molecule has 1 aromatic heterocycles. The van der Waals surface area contributed by atoms with Crippen molar-refractivity contribution < 1.29 is 4.79 Å². The average Bonchev–Trinajstić information content (AvgIpc) is 2.97. The lowest BCUT2D eigenvalue weighted by Gasteiger charge is -2.04. The van der Waals surface area contributed by atoms with Crippen LogP contribution >= 0.6 is 23.2 Å². The molecule has 0 aliphatic rings. The molecule has 0 saturated heterocycles. The zero-order valence-corrected chi connectivity index (χ0v) is 13.6. The Hall–Kier alpha value is -2.30. The normalized spacial score (nSPS) is 10.5. The molecule has 0 aliphatic heterocycles. The summed E-state index contributed by atoms with van der Waals surface area (Å²) in [7, 11) is 0. The van der Waals surface area contributed by atoms with Crippen LogP contribution in [0.15, 0.2) is 60.9 Å². The lowest BCUT2D eigenvalue weighted by atomic mass is 10.2. The second-order valence-corrected chi connectivity index (χ2v) is 5.82. The van der Waals surface area contributed by atoms with Gasteiger partial charge in [-0.3, -0.25) is 9.48 Å². The maximum atomic E-state index is 12.1. The Balaban J connectivity index is 1.68. The van der Waals surface area contributed by atoms with Crippen LogP contribution in [0, 0.1) is 0 Å². The Kier molecular flexibility index (Phi) is 4.65. The van der Waals surface area contributed by atoms with Gasteiger partial charge in [0.1, 0.15) is 0 Å². The summed E-state index contributed by atoms with van der Waals surface area (Å²) in [6.45, 7) is 0.538. The first-order valence-corrected chi connectivity index (χ1v) is 7.70. The Morgan fingerprint density at radius 1 is 1.09 bits per heavy atom. The van der Waals surface area contributed by atoms with Crippen LogP contribution in [0.3, 0.4) is 0 Å². The first kappa shape index (κ1) is 15.6. The molecule has 0 bridgehead atoms. The van der Waals surface area contributed by atoms with Gasteiger partial charge in [-0.2, -0.15) is 5.10 Å². The second kappa shape index (κ2) is 6.86. The molecule has 2 aromatic carbocycles. The minimum atomic E-state index is -0.209. The first-order chi connectivity index (χ1) is 11.1. The van der Waals surface area contributed by atoms with Crippen molar-refractivity contribution in [3.05, 3.63) is 82.1 Å². The van der Waals surface area contributed by atoms with E-state index in [4.69, 9.17) is 23.2 Å². The van der Waals surface area contributed by atoms with Crippen LogP contribution in [0.2, 0.25) is 10.0 Å². The number of hydrogen-bond acceptors (Lipinski definition) is 2. The minimum absolute atomic E-state index is 0.209. The van der Waals surface area contributed by atoms with Crippen LogP contribution < -0.4 is 5.32 Å².